The third-order valence-corrected chi connectivity index (χ3v) is 1.59. The van der Waals surface area contributed by atoms with E-state index in [-0.39, 0.29) is 12.0 Å². The lowest BCUT2D eigenvalue weighted by molar-refractivity contribution is -0.156. The Balaban J connectivity index is 3.84. The van der Waals surface area contributed by atoms with Crippen molar-refractivity contribution in [2.45, 2.75) is 33.3 Å². The van der Waals surface area contributed by atoms with Gasteiger partial charge in [0, 0.05) is 13.1 Å². The van der Waals surface area contributed by atoms with Crippen LogP contribution in [0.25, 0.3) is 0 Å². The van der Waals surface area contributed by atoms with Gasteiger partial charge >= 0.3 is 5.97 Å². The quantitative estimate of drug-likeness (QED) is 0.601. The third kappa shape index (κ3) is 5.60. The van der Waals surface area contributed by atoms with Crippen LogP contribution >= 0.6 is 0 Å². The molecule has 4 heteroatoms. The van der Waals surface area contributed by atoms with E-state index in [2.05, 4.69) is 5.32 Å². The minimum Gasteiger partial charge on any atom is -0.479 e. The summed E-state index contributed by atoms with van der Waals surface area (Å²) < 4.78 is 0. The van der Waals surface area contributed by atoms with Gasteiger partial charge in [0.15, 0.2) is 5.60 Å². The highest BCUT2D eigenvalue weighted by atomic mass is 16.4. The number of carboxylic acids is 1. The maximum absolute atomic E-state index is 10.5. The van der Waals surface area contributed by atoms with E-state index in [1.165, 1.54) is 6.92 Å². The van der Waals surface area contributed by atoms with Crippen molar-refractivity contribution in [2.24, 2.45) is 5.41 Å². The van der Waals surface area contributed by atoms with Gasteiger partial charge in [-0.1, -0.05) is 20.8 Å². The molecule has 0 fully saturated rings. The lowest BCUT2D eigenvalue weighted by Crippen LogP contribution is -2.46. The summed E-state index contributed by atoms with van der Waals surface area (Å²) >= 11 is 0. The van der Waals surface area contributed by atoms with Gasteiger partial charge < -0.3 is 15.5 Å². The van der Waals surface area contributed by atoms with Crippen molar-refractivity contribution in [3.05, 3.63) is 0 Å². The highest BCUT2D eigenvalue weighted by Gasteiger charge is 2.29. The molecule has 0 aromatic heterocycles. The monoisotopic (exact) mass is 189 g/mol. The molecule has 0 spiro atoms. The van der Waals surface area contributed by atoms with Gasteiger partial charge in [0.25, 0.3) is 0 Å². The van der Waals surface area contributed by atoms with Crippen molar-refractivity contribution in [3.8, 4) is 0 Å². The van der Waals surface area contributed by atoms with Crippen LogP contribution in [-0.4, -0.2) is 34.9 Å². The maximum Gasteiger partial charge on any atom is 0.336 e. The zero-order valence-corrected chi connectivity index (χ0v) is 8.72. The van der Waals surface area contributed by atoms with Crippen molar-refractivity contribution in [1.82, 2.24) is 5.32 Å². The summed E-state index contributed by atoms with van der Waals surface area (Å²) in [6, 6.07) is 0. The summed E-state index contributed by atoms with van der Waals surface area (Å²) in [6.07, 6.45) is 0. The SMILES string of the molecule is CC(C)(C)CNCC(C)(O)C(=O)O. The molecule has 0 saturated carbocycles. The zero-order chi connectivity index (χ0) is 10.7. The molecule has 0 amide bonds. The van der Waals surface area contributed by atoms with Crippen LogP contribution in [0.4, 0.5) is 0 Å². The van der Waals surface area contributed by atoms with E-state index in [1.54, 1.807) is 0 Å². The maximum atomic E-state index is 10.5. The van der Waals surface area contributed by atoms with Gasteiger partial charge in [0.05, 0.1) is 0 Å². The number of nitrogens with one attached hydrogen (secondary N) is 1. The second-order valence-electron chi connectivity index (χ2n) is 4.74. The van der Waals surface area contributed by atoms with Crippen LogP contribution in [0, 0.1) is 5.41 Å². The molecule has 0 aliphatic heterocycles. The van der Waals surface area contributed by atoms with Gasteiger partial charge in [-0.3, -0.25) is 0 Å². The Bertz CT molecular complexity index is 182. The molecule has 78 valence electrons. The smallest absolute Gasteiger partial charge is 0.336 e. The summed E-state index contributed by atoms with van der Waals surface area (Å²) in [5.41, 5.74) is -1.58. The number of rotatable bonds is 4. The Hall–Kier alpha value is -0.610. The zero-order valence-electron chi connectivity index (χ0n) is 8.72. The van der Waals surface area contributed by atoms with Crippen molar-refractivity contribution < 1.29 is 15.0 Å². The van der Waals surface area contributed by atoms with Gasteiger partial charge in [-0.2, -0.15) is 0 Å². The molecule has 3 N–H and O–H groups in total. The molecule has 0 aromatic rings. The van der Waals surface area contributed by atoms with Crippen molar-refractivity contribution in [1.29, 1.82) is 0 Å². The molecule has 1 unspecified atom stereocenters. The molecular formula is C9H19NO3. The van der Waals surface area contributed by atoms with Crippen LogP contribution in [0.2, 0.25) is 0 Å². The minimum absolute atomic E-state index is 0.0691. The van der Waals surface area contributed by atoms with Gasteiger partial charge in [-0.15, -0.1) is 0 Å². The van der Waals surface area contributed by atoms with Crippen LogP contribution in [-0.2, 0) is 4.79 Å². The summed E-state index contributed by atoms with van der Waals surface area (Å²) in [4.78, 5) is 10.5. The molecule has 0 rings (SSSR count). The largest absolute Gasteiger partial charge is 0.479 e. The predicted molar refractivity (Wildman–Crippen MR) is 50.6 cm³/mol. The number of hydrogen-bond donors (Lipinski definition) is 3. The van der Waals surface area contributed by atoms with E-state index in [0.29, 0.717) is 6.54 Å². The molecule has 1 atom stereocenters. The van der Waals surface area contributed by atoms with Crippen LogP contribution in [0.1, 0.15) is 27.7 Å². The van der Waals surface area contributed by atoms with Crippen LogP contribution in [0.5, 0.6) is 0 Å². The Morgan fingerprint density at radius 3 is 2.00 bits per heavy atom. The Morgan fingerprint density at radius 1 is 1.23 bits per heavy atom. The first-order valence-electron chi connectivity index (χ1n) is 4.32. The molecule has 0 heterocycles. The number of aliphatic hydroxyl groups is 1. The topological polar surface area (TPSA) is 69.6 Å². The molecule has 0 aliphatic rings. The highest BCUT2D eigenvalue weighted by Crippen LogP contribution is 2.11. The minimum atomic E-state index is -1.68. The molecule has 0 aliphatic carbocycles. The number of hydrogen-bond acceptors (Lipinski definition) is 3. The highest BCUT2D eigenvalue weighted by molar-refractivity contribution is 5.76. The van der Waals surface area contributed by atoms with Gasteiger partial charge in [0.1, 0.15) is 0 Å². The molecule has 4 nitrogen and oxygen atoms in total. The Kier molecular flexibility index (Phi) is 3.88. The van der Waals surface area contributed by atoms with E-state index >= 15 is 0 Å². The fourth-order valence-electron chi connectivity index (χ4n) is 0.757. The molecule has 0 aromatic carbocycles. The van der Waals surface area contributed by atoms with Gasteiger partial charge in [-0.05, 0) is 12.3 Å². The van der Waals surface area contributed by atoms with E-state index in [0.717, 1.165) is 0 Å². The summed E-state index contributed by atoms with van der Waals surface area (Å²) in [5, 5.41) is 20.8. The molecule has 0 saturated heterocycles. The summed E-state index contributed by atoms with van der Waals surface area (Å²) in [6.45, 7) is 8.14. The van der Waals surface area contributed by atoms with E-state index < -0.39 is 11.6 Å². The first kappa shape index (κ1) is 12.4. The summed E-state index contributed by atoms with van der Waals surface area (Å²) in [5.74, 6) is -1.20. The fourth-order valence-corrected chi connectivity index (χ4v) is 0.757. The second kappa shape index (κ2) is 4.07. The average Bonchev–Trinajstić information content (AvgIpc) is 1.82. The number of aliphatic carboxylic acids is 1. The first-order valence-corrected chi connectivity index (χ1v) is 4.32. The van der Waals surface area contributed by atoms with Crippen molar-refractivity contribution in [3.63, 3.8) is 0 Å². The third-order valence-electron chi connectivity index (χ3n) is 1.59. The average molecular weight is 189 g/mol. The van der Waals surface area contributed by atoms with Crippen LogP contribution in [0.3, 0.4) is 0 Å². The Morgan fingerprint density at radius 2 is 1.69 bits per heavy atom. The molecule has 13 heavy (non-hydrogen) atoms. The van der Waals surface area contributed by atoms with Crippen molar-refractivity contribution in [2.75, 3.05) is 13.1 Å². The van der Waals surface area contributed by atoms with E-state index in [4.69, 9.17) is 5.11 Å². The van der Waals surface area contributed by atoms with E-state index in [9.17, 15) is 9.90 Å². The normalized spacial score (nSPS) is 16.7. The van der Waals surface area contributed by atoms with E-state index in [1.807, 2.05) is 20.8 Å². The van der Waals surface area contributed by atoms with Crippen LogP contribution in [0.15, 0.2) is 0 Å². The Labute approximate surface area is 79.0 Å². The molecular weight excluding hydrogens is 170 g/mol. The first-order chi connectivity index (χ1) is 5.65. The lowest BCUT2D eigenvalue weighted by atomic mass is 9.96. The molecule has 0 radical (unpaired) electrons. The summed E-state index contributed by atoms with van der Waals surface area (Å²) in [7, 11) is 0. The van der Waals surface area contributed by atoms with Crippen molar-refractivity contribution >= 4 is 5.97 Å². The number of carbonyl (C=O) groups is 1. The fraction of sp³-hybridized carbons (Fsp3) is 0.889. The predicted octanol–water partition coefficient (Wildman–Crippen LogP) is 0.458. The second-order valence-corrected chi connectivity index (χ2v) is 4.74. The van der Waals surface area contributed by atoms with Gasteiger partial charge in [-0.25, -0.2) is 4.79 Å². The lowest BCUT2D eigenvalue weighted by Gasteiger charge is -2.23. The molecule has 0 bridgehead atoms. The number of carboxylic acid groups (broad SMARTS) is 1. The van der Waals surface area contributed by atoms with Gasteiger partial charge in [0.2, 0.25) is 0 Å². The standard InChI is InChI=1S/C9H19NO3/c1-8(2,3)5-10-6-9(4,13)7(11)12/h10,13H,5-6H2,1-4H3,(H,11,12). The van der Waals surface area contributed by atoms with Crippen LogP contribution < -0.4 is 5.32 Å².